The maximum atomic E-state index is 13.9. The largest absolute Gasteiger partial charge is 0.494 e. The summed E-state index contributed by atoms with van der Waals surface area (Å²) in [6.45, 7) is 2.51. The first-order chi connectivity index (χ1) is 9.61. The monoisotopic (exact) mass is 337 g/mol. The van der Waals surface area contributed by atoms with Crippen LogP contribution in [0.3, 0.4) is 0 Å². The molecule has 0 aromatic heterocycles. The summed E-state index contributed by atoms with van der Waals surface area (Å²) >= 11 is 3.25. The van der Waals surface area contributed by atoms with Gasteiger partial charge in [-0.2, -0.15) is 0 Å². The van der Waals surface area contributed by atoms with Gasteiger partial charge in [0, 0.05) is 16.1 Å². The van der Waals surface area contributed by atoms with E-state index in [1.807, 2.05) is 37.3 Å². The first-order valence-corrected chi connectivity index (χ1v) is 7.32. The normalized spacial score (nSPS) is 12.2. The van der Waals surface area contributed by atoms with Gasteiger partial charge in [0.25, 0.3) is 0 Å². The number of ether oxygens (including phenoxy) is 1. The molecule has 0 aliphatic rings. The lowest BCUT2D eigenvalue weighted by Gasteiger charge is -2.17. The second kappa shape index (κ2) is 6.86. The zero-order valence-electron chi connectivity index (χ0n) is 11.3. The van der Waals surface area contributed by atoms with Gasteiger partial charge in [0.05, 0.1) is 6.61 Å². The van der Waals surface area contributed by atoms with Crippen molar-refractivity contribution in [1.82, 2.24) is 0 Å². The number of halogens is 2. The summed E-state index contributed by atoms with van der Waals surface area (Å²) in [5, 5.41) is 0. The highest BCUT2D eigenvalue weighted by Crippen LogP contribution is 2.27. The standard InChI is InChI=1S/C16H17BrFNO/c1-2-20-16-6-4-3-5-13(16)15(19)9-11-7-8-12(17)10-14(11)18/h3-8,10,15H,2,9,19H2,1H3. The van der Waals surface area contributed by atoms with Gasteiger partial charge in [-0.3, -0.25) is 0 Å². The third-order valence-electron chi connectivity index (χ3n) is 3.07. The summed E-state index contributed by atoms with van der Waals surface area (Å²) in [5.74, 6) is 0.517. The van der Waals surface area contributed by atoms with Crippen LogP contribution in [0.2, 0.25) is 0 Å². The van der Waals surface area contributed by atoms with E-state index in [0.717, 1.165) is 15.8 Å². The summed E-state index contributed by atoms with van der Waals surface area (Å²) in [5.41, 5.74) is 7.71. The van der Waals surface area contributed by atoms with Crippen molar-refractivity contribution in [3.05, 3.63) is 63.9 Å². The molecule has 2 aromatic carbocycles. The molecule has 2 nitrogen and oxygen atoms in total. The highest BCUT2D eigenvalue weighted by Gasteiger charge is 2.14. The Bertz CT molecular complexity index is 588. The molecule has 2 N–H and O–H groups in total. The topological polar surface area (TPSA) is 35.2 Å². The van der Waals surface area contributed by atoms with Crippen LogP contribution in [0.25, 0.3) is 0 Å². The fourth-order valence-electron chi connectivity index (χ4n) is 2.11. The molecule has 0 bridgehead atoms. The van der Waals surface area contributed by atoms with E-state index >= 15 is 0 Å². The van der Waals surface area contributed by atoms with Crippen LogP contribution in [0.5, 0.6) is 5.75 Å². The minimum atomic E-state index is -0.298. The maximum absolute atomic E-state index is 13.9. The Kier molecular flexibility index (Phi) is 5.15. The molecular formula is C16H17BrFNO. The first-order valence-electron chi connectivity index (χ1n) is 6.53. The summed E-state index contributed by atoms with van der Waals surface area (Å²) in [6, 6.07) is 12.4. The van der Waals surface area contributed by atoms with E-state index in [1.54, 1.807) is 6.07 Å². The molecule has 0 aliphatic carbocycles. The molecule has 2 rings (SSSR count). The Morgan fingerprint density at radius 2 is 2.00 bits per heavy atom. The van der Waals surface area contributed by atoms with Gasteiger partial charge in [0.15, 0.2) is 0 Å². The zero-order chi connectivity index (χ0) is 14.5. The smallest absolute Gasteiger partial charge is 0.127 e. The lowest BCUT2D eigenvalue weighted by Crippen LogP contribution is -2.15. The highest BCUT2D eigenvalue weighted by atomic mass is 79.9. The average Bonchev–Trinajstić information content (AvgIpc) is 2.43. The van der Waals surface area contributed by atoms with Crippen molar-refractivity contribution in [1.29, 1.82) is 0 Å². The summed E-state index contributed by atoms with van der Waals surface area (Å²) < 4.78 is 20.1. The van der Waals surface area contributed by atoms with Crippen LogP contribution in [0, 0.1) is 5.82 Å². The zero-order valence-corrected chi connectivity index (χ0v) is 12.9. The molecule has 0 fully saturated rings. The predicted octanol–water partition coefficient (Wildman–Crippen LogP) is 4.23. The molecule has 0 aliphatic heterocycles. The minimum absolute atomic E-state index is 0.247. The van der Waals surface area contributed by atoms with E-state index in [1.165, 1.54) is 6.07 Å². The second-order valence-electron chi connectivity index (χ2n) is 4.52. The van der Waals surface area contributed by atoms with Crippen molar-refractivity contribution in [2.24, 2.45) is 5.73 Å². The van der Waals surface area contributed by atoms with Gasteiger partial charge in [-0.05, 0) is 37.1 Å². The Morgan fingerprint density at radius 3 is 2.70 bits per heavy atom. The Morgan fingerprint density at radius 1 is 1.25 bits per heavy atom. The molecule has 0 saturated heterocycles. The van der Waals surface area contributed by atoms with Crippen molar-refractivity contribution in [3.63, 3.8) is 0 Å². The number of rotatable bonds is 5. The van der Waals surface area contributed by atoms with Gasteiger partial charge in [-0.25, -0.2) is 4.39 Å². The van der Waals surface area contributed by atoms with Crippen LogP contribution in [0.1, 0.15) is 24.1 Å². The fourth-order valence-corrected chi connectivity index (χ4v) is 2.44. The minimum Gasteiger partial charge on any atom is -0.494 e. The summed E-state index contributed by atoms with van der Waals surface area (Å²) in [7, 11) is 0. The second-order valence-corrected chi connectivity index (χ2v) is 5.43. The lowest BCUT2D eigenvalue weighted by molar-refractivity contribution is 0.334. The number of hydrogen-bond donors (Lipinski definition) is 1. The molecule has 2 aromatic rings. The molecule has 0 amide bonds. The van der Waals surface area contributed by atoms with Gasteiger partial charge >= 0.3 is 0 Å². The van der Waals surface area contributed by atoms with E-state index < -0.39 is 0 Å². The lowest BCUT2D eigenvalue weighted by atomic mass is 9.98. The third kappa shape index (κ3) is 3.58. The van der Waals surface area contributed by atoms with Crippen LogP contribution in [0.4, 0.5) is 4.39 Å². The molecular weight excluding hydrogens is 321 g/mol. The van der Waals surface area contributed by atoms with Crippen LogP contribution in [0.15, 0.2) is 46.9 Å². The summed E-state index contributed by atoms with van der Waals surface area (Å²) in [6.07, 6.45) is 0.434. The molecule has 0 radical (unpaired) electrons. The summed E-state index contributed by atoms with van der Waals surface area (Å²) in [4.78, 5) is 0. The van der Waals surface area contributed by atoms with Crippen LogP contribution in [-0.4, -0.2) is 6.61 Å². The fraction of sp³-hybridized carbons (Fsp3) is 0.250. The van der Waals surface area contributed by atoms with E-state index in [0.29, 0.717) is 18.6 Å². The predicted molar refractivity (Wildman–Crippen MR) is 82.3 cm³/mol. The molecule has 0 heterocycles. The number of nitrogens with two attached hydrogens (primary N) is 1. The number of hydrogen-bond acceptors (Lipinski definition) is 2. The van der Waals surface area contributed by atoms with Crippen LogP contribution >= 0.6 is 15.9 Å². The van der Waals surface area contributed by atoms with Crippen molar-refractivity contribution in [2.75, 3.05) is 6.61 Å². The molecule has 1 atom stereocenters. The van der Waals surface area contributed by atoms with Gasteiger partial charge in [0.2, 0.25) is 0 Å². The van der Waals surface area contributed by atoms with E-state index in [2.05, 4.69) is 15.9 Å². The van der Waals surface area contributed by atoms with Crippen LogP contribution < -0.4 is 10.5 Å². The first kappa shape index (κ1) is 15.0. The highest BCUT2D eigenvalue weighted by molar-refractivity contribution is 9.10. The van der Waals surface area contributed by atoms with Crippen molar-refractivity contribution >= 4 is 15.9 Å². The number of para-hydroxylation sites is 1. The average molecular weight is 338 g/mol. The quantitative estimate of drug-likeness (QED) is 0.886. The van der Waals surface area contributed by atoms with E-state index in [9.17, 15) is 4.39 Å². The van der Waals surface area contributed by atoms with E-state index in [-0.39, 0.29) is 11.9 Å². The van der Waals surface area contributed by atoms with Gasteiger partial charge in [0.1, 0.15) is 11.6 Å². The SMILES string of the molecule is CCOc1ccccc1C(N)Cc1ccc(Br)cc1F. The molecule has 106 valence electrons. The Labute approximate surface area is 126 Å². The van der Waals surface area contributed by atoms with Crippen molar-refractivity contribution in [2.45, 2.75) is 19.4 Å². The number of benzene rings is 2. The van der Waals surface area contributed by atoms with Gasteiger partial charge in [-0.1, -0.05) is 40.2 Å². The molecule has 1 unspecified atom stereocenters. The molecule has 0 spiro atoms. The molecule has 20 heavy (non-hydrogen) atoms. The molecule has 4 heteroatoms. The van der Waals surface area contributed by atoms with Crippen molar-refractivity contribution < 1.29 is 9.13 Å². The third-order valence-corrected chi connectivity index (χ3v) is 3.57. The van der Waals surface area contributed by atoms with Gasteiger partial charge in [-0.15, -0.1) is 0 Å². The van der Waals surface area contributed by atoms with Gasteiger partial charge < -0.3 is 10.5 Å². The van der Waals surface area contributed by atoms with Crippen LogP contribution in [-0.2, 0) is 6.42 Å². The van der Waals surface area contributed by atoms with Crippen molar-refractivity contribution in [3.8, 4) is 5.75 Å². The maximum Gasteiger partial charge on any atom is 0.127 e. The Balaban J connectivity index is 2.21. The molecule has 0 saturated carbocycles. The van der Waals surface area contributed by atoms with E-state index in [4.69, 9.17) is 10.5 Å². The Hall–Kier alpha value is -1.39.